The number of carbonyl (C=O) groups excluding carboxylic acids is 1. The van der Waals surface area contributed by atoms with Crippen LogP contribution in [0.15, 0.2) is 48.5 Å². The summed E-state index contributed by atoms with van der Waals surface area (Å²) in [7, 11) is 3.35. The highest BCUT2D eigenvalue weighted by atomic mass is 19.1. The number of para-hydroxylation sites is 1. The lowest BCUT2D eigenvalue weighted by molar-refractivity contribution is 0.242. The highest BCUT2D eigenvalue weighted by molar-refractivity contribution is 5.73. The standard InChI is InChI=1S/C16H18FN3O/c1-18-16(21)19-11-12-8-9-15(14(17)10-12)20(2)13-6-4-3-5-7-13/h3-10H,11H2,1-2H3,(H2,18,19,21). The molecule has 0 aromatic heterocycles. The van der Waals surface area contributed by atoms with Crippen LogP contribution in [-0.4, -0.2) is 20.1 Å². The maximum atomic E-state index is 14.2. The van der Waals surface area contributed by atoms with Crippen LogP contribution in [0.5, 0.6) is 0 Å². The summed E-state index contributed by atoms with van der Waals surface area (Å²) in [6.45, 7) is 0.284. The van der Waals surface area contributed by atoms with Crippen molar-refractivity contribution in [3.05, 3.63) is 59.9 Å². The number of urea groups is 1. The van der Waals surface area contributed by atoms with Gasteiger partial charge in [-0.15, -0.1) is 0 Å². The summed E-state index contributed by atoms with van der Waals surface area (Å²) in [5.41, 5.74) is 2.11. The second-order valence-electron chi connectivity index (χ2n) is 4.61. The molecule has 2 rings (SSSR count). The summed E-state index contributed by atoms with van der Waals surface area (Å²) in [5.74, 6) is -0.322. The van der Waals surface area contributed by atoms with Crippen LogP contribution in [0, 0.1) is 5.82 Å². The Kier molecular flexibility index (Phi) is 4.77. The van der Waals surface area contributed by atoms with Gasteiger partial charge in [-0.2, -0.15) is 0 Å². The number of anilines is 2. The molecule has 0 heterocycles. The van der Waals surface area contributed by atoms with Crippen molar-refractivity contribution >= 4 is 17.4 Å². The Morgan fingerprint density at radius 1 is 1.19 bits per heavy atom. The number of nitrogens with zero attached hydrogens (tertiary/aromatic N) is 1. The first-order valence-electron chi connectivity index (χ1n) is 6.64. The van der Waals surface area contributed by atoms with Crippen molar-refractivity contribution in [2.24, 2.45) is 0 Å². The third-order valence-corrected chi connectivity index (χ3v) is 3.20. The van der Waals surface area contributed by atoms with Gasteiger partial charge in [0.2, 0.25) is 0 Å². The van der Waals surface area contributed by atoms with E-state index in [-0.39, 0.29) is 18.4 Å². The molecule has 5 heteroatoms. The predicted octanol–water partition coefficient (Wildman–Crippen LogP) is 3.02. The molecule has 0 aliphatic heterocycles. The molecule has 0 bridgehead atoms. The molecule has 0 aliphatic rings. The monoisotopic (exact) mass is 287 g/mol. The Morgan fingerprint density at radius 3 is 2.52 bits per heavy atom. The average molecular weight is 287 g/mol. The zero-order chi connectivity index (χ0) is 15.2. The zero-order valence-electron chi connectivity index (χ0n) is 12.1. The third-order valence-electron chi connectivity index (χ3n) is 3.20. The van der Waals surface area contributed by atoms with E-state index in [4.69, 9.17) is 0 Å². The topological polar surface area (TPSA) is 44.4 Å². The van der Waals surface area contributed by atoms with Gasteiger partial charge in [0.1, 0.15) is 5.82 Å². The van der Waals surface area contributed by atoms with Gasteiger partial charge in [-0.05, 0) is 29.8 Å². The summed E-state index contributed by atoms with van der Waals surface area (Å²) in [4.78, 5) is 12.9. The van der Waals surface area contributed by atoms with Crippen LogP contribution in [0.25, 0.3) is 0 Å². The Morgan fingerprint density at radius 2 is 1.90 bits per heavy atom. The fourth-order valence-corrected chi connectivity index (χ4v) is 1.99. The van der Waals surface area contributed by atoms with Crippen LogP contribution < -0.4 is 15.5 Å². The molecule has 2 N–H and O–H groups in total. The Bertz CT molecular complexity index is 616. The highest BCUT2D eigenvalue weighted by Crippen LogP contribution is 2.26. The lowest BCUT2D eigenvalue weighted by Crippen LogP contribution is -2.32. The molecule has 2 amide bonds. The van der Waals surface area contributed by atoms with Crippen molar-refractivity contribution in [3.8, 4) is 0 Å². The minimum absolute atomic E-state index is 0.284. The van der Waals surface area contributed by atoms with E-state index in [1.54, 1.807) is 17.0 Å². The molecule has 21 heavy (non-hydrogen) atoms. The van der Waals surface area contributed by atoms with Gasteiger partial charge in [0.05, 0.1) is 5.69 Å². The van der Waals surface area contributed by atoms with Crippen molar-refractivity contribution in [3.63, 3.8) is 0 Å². The largest absolute Gasteiger partial charge is 0.342 e. The first-order chi connectivity index (χ1) is 10.1. The molecule has 2 aromatic rings. The van der Waals surface area contributed by atoms with Crippen LogP contribution >= 0.6 is 0 Å². The van der Waals surface area contributed by atoms with Crippen LogP contribution in [0.4, 0.5) is 20.6 Å². The number of nitrogens with one attached hydrogen (secondary N) is 2. The van der Waals surface area contributed by atoms with Crippen LogP contribution in [0.3, 0.4) is 0 Å². The summed E-state index contributed by atoms with van der Waals surface area (Å²) < 4.78 is 14.2. The number of benzene rings is 2. The molecule has 0 aliphatic carbocycles. The fraction of sp³-hybridized carbons (Fsp3) is 0.188. The SMILES string of the molecule is CNC(=O)NCc1ccc(N(C)c2ccccc2)c(F)c1. The van der Waals surface area contributed by atoms with Crippen molar-refractivity contribution in [2.75, 3.05) is 19.0 Å². The van der Waals surface area contributed by atoms with Crippen molar-refractivity contribution in [2.45, 2.75) is 6.54 Å². The fourth-order valence-electron chi connectivity index (χ4n) is 1.99. The molecule has 0 radical (unpaired) electrons. The normalized spacial score (nSPS) is 10.0. The molecular formula is C16H18FN3O. The number of amides is 2. The van der Waals surface area contributed by atoms with E-state index in [0.717, 1.165) is 5.69 Å². The summed E-state index contributed by atoms with van der Waals surface area (Å²) >= 11 is 0. The molecular weight excluding hydrogens is 269 g/mol. The minimum atomic E-state index is -0.322. The highest BCUT2D eigenvalue weighted by Gasteiger charge is 2.10. The molecule has 4 nitrogen and oxygen atoms in total. The van der Waals surface area contributed by atoms with Gasteiger partial charge in [0, 0.05) is 26.3 Å². The molecule has 0 spiro atoms. The summed E-state index contributed by atoms with van der Waals surface area (Å²) in [6, 6.07) is 14.2. The molecule has 0 atom stereocenters. The zero-order valence-corrected chi connectivity index (χ0v) is 12.1. The van der Waals surface area contributed by atoms with Gasteiger partial charge in [0.15, 0.2) is 0 Å². The van der Waals surface area contributed by atoms with Gasteiger partial charge in [-0.3, -0.25) is 0 Å². The molecule has 2 aromatic carbocycles. The van der Waals surface area contributed by atoms with Crippen LogP contribution in [0.2, 0.25) is 0 Å². The summed E-state index contributed by atoms with van der Waals surface area (Å²) in [6.07, 6.45) is 0. The first-order valence-corrected chi connectivity index (χ1v) is 6.64. The van der Waals surface area contributed by atoms with Crippen LogP contribution in [0.1, 0.15) is 5.56 Å². The average Bonchev–Trinajstić information content (AvgIpc) is 2.53. The first kappa shape index (κ1) is 14.8. The van der Waals surface area contributed by atoms with E-state index in [2.05, 4.69) is 10.6 Å². The van der Waals surface area contributed by atoms with E-state index < -0.39 is 0 Å². The number of hydrogen-bond donors (Lipinski definition) is 2. The van der Waals surface area contributed by atoms with Gasteiger partial charge in [-0.25, -0.2) is 9.18 Å². The van der Waals surface area contributed by atoms with E-state index in [1.165, 1.54) is 13.1 Å². The van der Waals surface area contributed by atoms with Gasteiger partial charge in [-0.1, -0.05) is 24.3 Å². The molecule has 0 saturated carbocycles. The number of hydrogen-bond acceptors (Lipinski definition) is 2. The van der Waals surface area contributed by atoms with E-state index in [1.807, 2.05) is 37.4 Å². The van der Waals surface area contributed by atoms with Crippen molar-refractivity contribution in [1.29, 1.82) is 0 Å². The molecule has 0 saturated heterocycles. The lowest BCUT2D eigenvalue weighted by Gasteiger charge is -2.20. The molecule has 110 valence electrons. The quantitative estimate of drug-likeness (QED) is 0.908. The lowest BCUT2D eigenvalue weighted by atomic mass is 10.1. The van der Waals surface area contributed by atoms with Gasteiger partial charge >= 0.3 is 6.03 Å². The maximum absolute atomic E-state index is 14.2. The van der Waals surface area contributed by atoms with Gasteiger partial charge < -0.3 is 15.5 Å². The van der Waals surface area contributed by atoms with E-state index >= 15 is 0 Å². The third kappa shape index (κ3) is 3.72. The number of carbonyl (C=O) groups is 1. The smallest absolute Gasteiger partial charge is 0.314 e. The number of rotatable bonds is 4. The second-order valence-corrected chi connectivity index (χ2v) is 4.61. The predicted molar refractivity (Wildman–Crippen MR) is 82.2 cm³/mol. The summed E-state index contributed by atoms with van der Waals surface area (Å²) in [5, 5.41) is 5.07. The maximum Gasteiger partial charge on any atom is 0.314 e. The second kappa shape index (κ2) is 6.74. The minimum Gasteiger partial charge on any atom is -0.342 e. The molecule has 0 unspecified atom stereocenters. The number of halogens is 1. The van der Waals surface area contributed by atoms with Crippen molar-refractivity contribution < 1.29 is 9.18 Å². The van der Waals surface area contributed by atoms with Crippen LogP contribution in [-0.2, 0) is 6.54 Å². The Labute approximate surface area is 123 Å². The van der Waals surface area contributed by atoms with Crippen molar-refractivity contribution in [1.82, 2.24) is 10.6 Å². The Hall–Kier alpha value is -2.56. The van der Waals surface area contributed by atoms with Gasteiger partial charge in [0.25, 0.3) is 0 Å². The van der Waals surface area contributed by atoms with E-state index in [9.17, 15) is 9.18 Å². The Balaban J connectivity index is 2.14. The van der Waals surface area contributed by atoms with E-state index in [0.29, 0.717) is 11.3 Å². The molecule has 0 fully saturated rings.